The predicted octanol–water partition coefficient (Wildman–Crippen LogP) is 4.60. The fraction of sp³-hybridized carbons (Fsp3) is 0.238. The van der Waals surface area contributed by atoms with Gasteiger partial charge in [-0.2, -0.15) is 0 Å². The first-order valence-corrected chi connectivity index (χ1v) is 8.72. The fourth-order valence-electron chi connectivity index (χ4n) is 3.37. The Morgan fingerprint density at radius 3 is 2.88 bits per heavy atom. The summed E-state index contributed by atoms with van der Waals surface area (Å²) in [7, 11) is 0. The van der Waals surface area contributed by atoms with Gasteiger partial charge in [-0.25, -0.2) is 4.98 Å². The van der Waals surface area contributed by atoms with Crippen LogP contribution < -0.4 is 5.32 Å². The lowest BCUT2D eigenvalue weighted by molar-refractivity contribution is -0.120. The molecule has 0 bridgehead atoms. The Balaban J connectivity index is 1.67. The minimum atomic E-state index is 0.0568. The van der Waals surface area contributed by atoms with Crippen molar-refractivity contribution in [2.24, 2.45) is 5.92 Å². The van der Waals surface area contributed by atoms with Gasteiger partial charge in [-0.15, -0.1) is 0 Å². The number of hydrogen-bond acceptors (Lipinski definition) is 2. The molecule has 126 valence electrons. The number of amides is 1. The molecule has 1 N–H and O–H groups in total. The van der Waals surface area contributed by atoms with Crippen LogP contribution in [0.25, 0.3) is 16.9 Å². The summed E-state index contributed by atoms with van der Waals surface area (Å²) >= 11 is 0. The highest BCUT2D eigenvalue weighted by Gasteiger charge is 2.20. The number of allylic oxidation sites excluding steroid dienone is 2. The number of imidazole rings is 1. The van der Waals surface area contributed by atoms with Gasteiger partial charge in [0, 0.05) is 23.9 Å². The Morgan fingerprint density at radius 1 is 1.20 bits per heavy atom. The van der Waals surface area contributed by atoms with E-state index < -0.39 is 0 Å². The van der Waals surface area contributed by atoms with E-state index in [4.69, 9.17) is 4.98 Å². The molecule has 1 amide bonds. The van der Waals surface area contributed by atoms with Crippen LogP contribution in [-0.4, -0.2) is 15.3 Å². The topological polar surface area (TPSA) is 46.4 Å². The SMILES string of the molecule is Cc1cccn2cc(-c3ccccc3NC(=O)C3CC=CCC3)nc12. The molecule has 0 aliphatic heterocycles. The van der Waals surface area contributed by atoms with Crippen LogP contribution in [0.3, 0.4) is 0 Å². The van der Waals surface area contributed by atoms with Crippen molar-refractivity contribution in [1.82, 2.24) is 9.38 Å². The van der Waals surface area contributed by atoms with E-state index in [-0.39, 0.29) is 11.8 Å². The number of fused-ring (bicyclic) bond motifs is 1. The third-order valence-electron chi connectivity index (χ3n) is 4.78. The van der Waals surface area contributed by atoms with Crippen LogP contribution in [0.1, 0.15) is 24.8 Å². The summed E-state index contributed by atoms with van der Waals surface area (Å²) in [6.45, 7) is 2.05. The van der Waals surface area contributed by atoms with E-state index in [9.17, 15) is 4.79 Å². The highest BCUT2D eigenvalue weighted by molar-refractivity contribution is 5.96. The Bertz CT molecular complexity index is 955. The van der Waals surface area contributed by atoms with Gasteiger partial charge < -0.3 is 9.72 Å². The van der Waals surface area contributed by atoms with Gasteiger partial charge in [-0.1, -0.05) is 36.4 Å². The minimum absolute atomic E-state index is 0.0568. The van der Waals surface area contributed by atoms with E-state index in [1.54, 1.807) is 0 Å². The third kappa shape index (κ3) is 3.07. The van der Waals surface area contributed by atoms with Crippen LogP contribution in [0.5, 0.6) is 0 Å². The molecule has 3 aromatic rings. The van der Waals surface area contributed by atoms with Gasteiger partial charge in [-0.05, 0) is 43.9 Å². The summed E-state index contributed by atoms with van der Waals surface area (Å²) in [5.41, 5.74) is 4.71. The molecule has 1 aliphatic carbocycles. The molecule has 2 heterocycles. The van der Waals surface area contributed by atoms with Gasteiger partial charge in [0.1, 0.15) is 5.65 Å². The number of carbonyl (C=O) groups excluding carboxylic acids is 1. The molecule has 1 aromatic carbocycles. The molecule has 0 saturated carbocycles. The molecular weight excluding hydrogens is 310 g/mol. The number of anilines is 1. The van der Waals surface area contributed by atoms with Crippen molar-refractivity contribution in [2.45, 2.75) is 26.2 Å². The van der Waals surface area contributed by atoms with Gasteiger partial charge in [-0.3, -0.25) is 4.79 Å². The Kier molecular flexibility index (Phi) is 4.10. The smallest absolute Gasteiger partial charge is 0.227 e. The molecule has 4 heteroatoms. The number of nitrogens with one attached hydrogen (secondary N) is 1. The quantitative estimate of drug-likeness (QED) is 0.713. The first-order chi connectivity index (χ1) is 12.2. The molecule has 1 aliphatic rings. The van der Waals surface area contributed by atoms with E-state index >= 15 is 0 Å². The highest BCUT2D eigenvalue weighted by Crippen LogP contribution is 2.29. The van der Waals surface area contributed by atoms with E-state index in [0.717, 1.165) is 47.4 Å². The number of pyridine rings is 1. The van der Waals surface area contributed by atoms with Crippen LogP contribution in [-0.2, 0) is 4.79 Å². The van der Waals surface area contributed by atoms with Crippen LogP contribution >= 0.6 is 0 Å². The van der Waals surface area contributed by atoms with E-state index in [1.807, 2.05) is 47.1 Å². The van der Waals surface area contributed by atoms with E-state index in [2.05, 4.69) is 30.5 Å². The van der Waals surface area contributed by atoms with Crippen molar-refractivity contribution in [1.29, 1.82) is 0 Å². The number of para-hydroxylation sites is 1. The summed E-state index contributed by atoms with van der Waals surface area (Å²) in [6.07, 6.45) is 11.0. The van der Waals surface area contributed by atoms with Crippen LogP contribution in [0, 0.1) is 12.8 Å². The lowest BCUT2D eigenvalue weighted by Crippen LogP contribution is -2.23. The van der Waals surface area contributed by atoms with Crippen molar-refractivity contribution < 1.29 is 4.79 Å². The summed E-state index contributed by atoms with van der Waals surface area (Å²) in [5, 5.41) is 3.12. The molecule has 2 aromatic heterocycles. The van der Waals surface area contributed by atoms with Crippen molar-refractivity contribution in [3.8, 4) is 11.3 Å². The largest absolute Gasteiger partial charge is 0.325 e. The van der Waals surface area contributed by atoms with E-state index in [1.165, 1.54) is 0 Å². The number of hydrogen-bond donors (Lipinski definition) is 1. The maximum atomic E-state index is 12.6. The van der Waals surface area contributed by atoms with Crippen molar-refractivity contribution in [3.05, 3.63) is 66.5 Å². The van der Waals surface area contributed by atoms with E-state index in [0.29, 0.717) is 0 Å². The maximum absolute atomic E-state index is 12.6. The third-order valence-corrected chi connectivity index (χ3v) is 4.78. The standard InChI is InChI=1S/C21H21N3O/c1-15-8-7-13-24-14-19(22-20(15)24)17-11-5-6-12-18(17)23-21(25)16-9-3-2-4-10-16/h2-3,5-8,11-14,16H,4,9-10H2,1H3,(H,23,25). The normalized spacial score (nSPS) is 16.9. The summed E-state index contributed by atoms with van der Waals surface area (Å²) < 4.78 is 2.02. The van der Waals surface area contributed by atoms with Crippen molar-refractivity contribution in [3.63, 3.8) is 0 Å². The van der Waals surface area contributed by atoms with Gasteiger partial charge in [0.05, 0.1) is 11.4 Å². The van der Waals surface area contributed by atoms with Crippen molar-refractivity contribution >= 4 is 17.2 Å². The first-order valence-electron chi connectivity index (χ1n) is 8.72. The number of nitrogens with zero attached hydrogens (tertiary/aromatic N) is 2. The van der Waals surface area contributed by atoms with Crippen LogP contribution in [0.2, 0.25) is 0 Å². The lowest BCUT2D eigenvalue weighted by Gasteiger charge is -2.18. The summed E-state index contributed by atoms with van der Waals surface area (Å²) in [5.74, 6) is 0.151. The van der Waals surface area contributed by atoms with Crippen LogP contribution in [0.4, 0.5) is 5.69 Å². The Hall–Kier alpha value is -2.88. The number of benzene rings is 1. The minimum Gasteiger partial charge on any atom is -0.325 e. The zero-order chi connectivity index (χ0) is 17.2. The number of carbonyl (C=O) groups is 1. The zero-order valence-electron chi connectivity index (χ0n) is 14.3. The van der Waals surface area contributed by atoms with Crippen molar-refractivity contribution in [2.75, 3.05) is 5.32 Å². The monoisotopic (exact) mass is 331 g/mol. The predicted molar refractivity (Wildman–Crippen MR) is 100 cm³/mol. The molecule has 25 heavy (non-hydrogen) atoms. The molecule has 4 nitrogen and oxygen atoms in total. The average Bonchev–Trinajstić information content (AvgIpc) is 3.08. The Labute approximate surface area is 147 Å². The molecule has 1 unspecified atom stereocenters. The molecule has 0 radical (unpaired) electrons. The molecule has 0 saturated heterocycles. The molecule has 4 rings (SSSR count). The maximum Gasteiger partial charge on any atom is 0.227 e. The number of aryl methyl sites for hydroxylation is 1. The van der Waals surface area contributed by atoms with Gasteiger partial charge in [0.25, 0.3) is 0 Å². The second-order valence-electron chi connectivity index (χ2n) is 6.56. The lowest BCUT2D eigenvalue weighted by atomic mass is 9.93. The fourth-order valence-corrected chi connectivity index (χ4v) is 3.37. The average molecular weight is 331 g/mol. The summed E-state index contributed by atoms with van der Waals surface area (Å²) in [6, 6.07) is 11.9. The second-order valence-corrected chi connectivity index (χ2v) is 6.56. The van der Waals surface area contributed by atoms with Gasteiger partial charge in [0.2, 0.25) is 5.91 Å². The number of rotatable bonds is 3. The highest BCUT2D eigenvalue weighted by atomic mass is 16.1. The van der Waals surface area contributed by atoms with Gasteiger partial charge in [0.15, 0.2) is 0 Å². The Morgan fingerprint density at radius 2 is 2.08 bits per heavy atom. The van der Waals surface area contributed by atoms with Crippen LogP contribution in [0.15, 0.2) is 60.9 Å². The molecule has 0 fully saturated rings. The first kappa shape index (κ1) is 15.6. The second kappa shape index (κ2) is 6.55. The molecular formula is C21H21N3O. The van der Waals surface area contributed by atoms with Gasteiger partial charge >= 0.3 is 0 Å². The summed E-state index contributed by atoms with van der Waals surface area (Å²) in [4.78, 5) is 17.4. The molecule has 0 spiro atoms. The zero-order valence-corrected chi connectivity index (χ0v) is 14.3. The molecule has 1 atom stereocenters. The number of aromatic nitrogens is 2.